The molecule has 0 amide bonds. The average molecular weight is 172 g/mol. The van der Waals surface area contributed by atoms with Gasteiger partial charge in [0.15, 0.2) is 0 Å². The minimum atomic E-state index is 0.0462. The van der Waals surface area contributed by atoms with Gasteiger partial charge in [-0.05, 0) is 35.0 Å². The standard InChI is InChI=1S/C9H20N2O/c1-8(9(2)12)11(5)7-6-10(3)4/h8H,6-7H2,1-5H3. The number of rotatable bonds is 5. The van der Waals surface area contributed by atoms with Gasteiger partial charge < -0.3 is 4.90 Å². The van der Waals surface area contributed by atoms with E-state index in [1.54, 1.807) is 6.92 Å². The Labute approximate surface area is 75.3 Å². The molecule has 0 saturated carbocycles. The van der Waals surface area contributed by atoms with Gasteiger partial charge in [0.1, 0.15) is 5.78 Å². The minimum Gasteiger partial charge on any atom is -0.308 e. The number of ketones is 1. The fourth-order valence-electron chi connectivity index (χ4n) is 0.862. The third kappa shape index (κ3) is 4.46. The summed E-state index contributed by atoms with van der Waals surface area (Å²) in [6, 6.07) is 0.0462. The highest BCUT2D eigenvalue weighted by Crippen LogP contribution is 1.95. The van der Waals surface area contributed by atoms with Gasteiger partial charge in [-0.2, -0.15) is 0 Å². The maximum absolute atomic E-state index is 11.0. The largest absolute Gasteiger partial charge is 0.308 e. The summed E-state index contributed by atoms with van der Waals surface area (Å²) < 4.78 is 0. The Hall–Kier alpha value is -0.410. The van der Waals surface area contributed by atoms with Crippen LogP contribution in [0.25, 0.3) is 0 Å². The molecule has 0 aliphatic rings. The van der Waals surface area contributed by atoms with Gasteiger partial charge in [0.05, 0.1) is 6.04 Å². The lowest BCUT2D eigenvalue weighted by molar-refractivity contribution is -0.121. The summed E-state index contributed by atoms with van der Waals surface area (Å²) >= 11 is 0. The molecule has 0 aromatic carbocycles. The predicted octanol–water partition coefficient (Wildman–Crippen LogP) is 0.457. The normalized spacial score (nSPS) is 13.9. The maximum Gasteiger partial charge on any atom is 0.146 e. The highest BCUT2D eigenvalue weighted by molar-refractivity contribution is 5.80. The second-order valence-corrected chi connectivity index (χ2v) is 3.57. The number of hydrogen-bond acceptors (Lipinski definition) is 3. The van der Waals surface area contributed by atoms with Crippen LogP contribution in [0.1, 0.15) is 13.8 Å². The molecule has 0 radical (unpaired) electrons. The van der Waals surface area contributed by atoms with Gasteiger partial charge in [-0.1, -0.05) is 0 Å². The Morgan fingerprint density at radius 1 is 1.25 bits per heavy atom. The molecule has 0 rings (SSSR count). The zero-order valence-corrected chi connectivity index (χ0v) is 8.79. The molecule has 0 heterocycles. The summed E-state index contributed by atoms with van der Waals surface area (Å²) in [4.78, 5) is 15.2. The van der Waals surface area contributed by atoms with E-state index in [4.69, 9.17) is 0 Å². The van der Waals surface area contributed by atoms with E-state index < -0.39 is 0 Å². The first-order valence-corrected chi connectivity index (χ1v) is 4.30. The van der Waals surface area contributed by atoms with Gasteiger partial charge in [-0.15, -0.1) is 0 Å². The SMILES string of the molecule is CC(=O)C(C)N(C)CCN(C)C. The first kappa shape index (κ1) is 11.6. The monoisotopic (exact) mass is 172 g/mol. The summed E-state index contributed by atoms with van der Waals surface area (Å²) in [5, 5.41) is 0. The zero-order chi connectivity index (χ0) is 9.72. The maximum atomic E-state index is 11.0. The first-order chi connectivity index (χ1) is 5.45. The van der Waals surface area contributed by atoms with Crippen molar-refractivity contribution in [2.24, 2.45) is 0 Å². The van der Waals surface area contributed by atoms with Crippen molar-refractivity contribution in [3.63, 3.8) is 0 Å². The zero-order valence-electron chi connectivity index (χ0n) is 8.79. The Balaban J connectivity index is 3.71. The molecule has 0 fully saturated rings. The van der Waals surface area contributed by atoms with Crippen LogP contribution in [0.3, 0.4) is 0 Å². The molecule has 1 unspecified atom stereocenters. The lowest BCUT2D eigenvalue weighted by atomic mass is 10.2. The van der Waals surface area contributed by atoms with E-state index in [0.29, 0.717) is 0 Å². The van der Waals surface area contributed by atoms with Crippen LogP contribution in [0.4, 0.5) is 0 Å². The van der Waals surface area contributed by atoms with Crippen molar-refractivity contribution < 1.29 is 4.79 Å². The number of Topliss-reactive ketones (excluding diaryl/α,β-unsaturated/α-hetero) is 1. The number of carbonyl (C=O) groups is 1. The summed E-state index contributed by atoms with van der Waals surface area (Å²) in [5.74, 6) is 0.233. The van der Waals surface area contributed by atoms with Gasteiger partial charge in [0.25, 0.3) is 0 Å². The van der Waals surface area contributed by atoms with Crippen molar-refractivity contribution in [2.75, 3.05) is 34.2 Å². The van der Waals surface area contributed by atoms with Gasteiger partial charge >= 0.3 is 0 Å². The van der Waals surface area contributed by atoms with E-state index in [0.717, 1.165) is 13.1 Å². The number of hydrogen-bond donors (Lipinski definition) is 0. The molecule has 3 heteroatoms. The molecule has 0 bridgehead atoms. The summed E-state index contributed by atoms with van der Waals surface area (Å²) in [6.07, 6.45) is 0. The Morgan fingerprint density at radius 3 is 2.08 bits per heavy atom. The lowest BCUT2D eigenvalue weighted by Gasteiger charge is -2.23. The van der Waals surface area contributed by atoms with Gasteiger partial charge in [0.2, 0.25) is 0 Å². The second-order valence-electron chi connectivity index (χ2n) is 3.57. The smallest absolute Gasteiger partial charge is 0.146 e. The van der Waals surface area contributed by atoms with Crippen LogP contribution in [0.15, 0.2) is 0 Å². The molecule has 0 aromatic heterocycles. The van der Waals surface area contributed by atoms with Crippen molar-refractivity contribution >= 4 is 5.78 Å². The molecule has 72 valence electrons. The van der Waals surface area contributed by atoms with Crippen LogP contribution in [-0.2, 0) is 4.79 Å². The molecule has 3 nitrogen and oxygen atoms in total. The van der Waals surface area contributed by atoms with Gasteiger partial charge in [-0.3, -0.25) is 9.69 Å². The molecule has 0 aromatic rings. The molecule has 0 spiro atoms. The third-order valence-corrected chi connectivity index (χ3v) is 2.15. The molecule has 0 N–H and O–H groups in total. The van der Waals surface area contributed by atoms with Crippen LogP contribution in [-0.4, -0.2) is 55.9 Å². The highest BCUT2D eigenvalue weighted by atomic mass is 16.1. The number of carbonyl (C=O) groups excluding carboxylic acids is 1. The van der Waals surface area contributed by atoms with Crippen molar-refractivity contribution in [1.29, 1.82) is 0 Å². The van der Waals surface area contributed by atoms with Crippen LogP contribution in [0, 0.1) is 0 Å². The first-order valence-electron chi connectivity index (χ1n) is 4.30. The number of likely N-dealkylation sites (N-methyl/N-ethyl adjacent to an activating group) is 2. The van der Waals surface area contributed by atoms with Crippen molar-refractivity contribution in [1.82, 2.24) is 9.80 Å². The van der Waals surface area contributed by atoms with E-state index in [9.17, 15) is 4.79 Å². The van der Waals surface area contributed by atoms with Crippen molar-refractivity contribution in [3.05, 3.63) is 0 Å². The molecule has 0 aliphatic heterocycles. The van der Waals surface area contributed by atoms with Crippen LogP contribution in [0.5, 0.6) is 0 Å². The molecule has 12 heavy (non-hydrogen) atoms. The topological polar surface area (TPSA) is 23.6 Å². The Bertz CT molecular complexity index is 145. The fourth-order valence-corrected chi connectivity index (χ4v) is 0.862. The molecule has 0 saturated heterocycles. The average Bonchev–Trinajstić information content (AvgIpc) is 1.98. The molecule has 0 aliphatic carbocycles. The minimum absolute atomic E-state index is 0.0462. The number of nitrogens with zero attached hydrogens (tertiary/aromatic N) is 2. The van der Waals surface area contributed by atoms with E-state index in [1.807, 2.05) is 28.1 Å². The summed E-state index contributed by atoms with van der Waals surface area (Å²) in [6.45, 7) is 5.51. The molecule has 1 atom stereocenters. The molecular formula is C9H20N2O. The predicted molar refractivity (Wildman–Crippen MR) is 51.3 cm³/mol. The lowest BCUT2D eigenvalue weighted by Crippen LogP contribution is -2.38. The van der Waals surface area contributed by atoms with Crippen molar-refractivity contribution in [3.8, 4) is 0 Å². The second kappa shape index (κ2) is 5.27. The van der Waals surface area contributed by atoms with Crippen molar-refractivity contribution in [2.45, 2.75) is 19.9 Å². The van der Waals surface area contributed by atoms with E-state index in [1.165, 1.54) is 0 Å². The fraction of sp³-hybridized carbons (Fsp3) is 0.889. The van der Waals surface area contributed by atoms with E-state index in [-0.39, 0.29) is 11.8 Å². The summed E-state index contributed by atoms with van der Waals surface area (Å²) in [7, 11) is 6.05. The highest BCUT2D eigenvalue weighted by Gasteiger charge is 2.12. The van der Waals surface area contributed by atoms with Gasteiger partial charge in [-0.25, -0.2) is 0 Å². The summed E-state index contributed by atoms with van der Waals surface area (Å²) in [5.41, 5.74) is 0. The van der Waals surface area contributed by atoms with Crippen LogP contribution in [0.2, 0.25) is 0 Å². The third-order valence-electron chi connectivity index (χ3n) is 2.15. The Morgan fingerprint density at radius 2 is 1.75 bits per heavy atom. The van der Waals surface area contributed by atoms with E-state index >= 15 is 0 Å². The quantitative estimate of drug-likeness (QED) is 0.602. The van der Waals surface area contributed by atoms with Gasteiger partial charge in [0, 0.05) is 13.1 Å². The Kier molecular flexibility index (Phi) is 5.09. The van der Waals surface area contributed by atoms with E-state index in [2.05, 4.69) is 9.80 Å². The van der Waals surface area contributed by atoms with Crippen LogP contribution < -0.4 is 0 Å². The van der Waals surface area contributed by atoms with Crippen LogP contribution >= 0.6 is 0 Å². The molecular weight excluding hydrogens is 152 g/mol.